The lowest BCUT2D eigenvalue weighted by Crippen LogP contribution is -2.44. The van der Waals surface area contributed by atoms with Crippen LogP contribution in [0.15, 0.2) is 23.1 Å². The van der Waals surface area contributed by atoms with Gasteiger partial charge in [-0.05, 0) is 37.0 Å². The summed E-state index contributed by atoms with van der Waals surface area (Å²) in [5, 5.41) is 0. The van der Waals surface area contributed by atoms with Gasteiger partial charge in [0.25, 0.3) is 0 Å². The summed E-state index contributed by atoms with van der Waals surface area (Å²) in [7, 11) is -3.62. The summed E-state index contributed by atoms with van der Waals surface area (Å²) in [5.41, 5.74) is 12.3. The molecular weight excluding hydrogens is 290 g/mol. The molecule has 1 amide bonds. The Morgan fingerprint density at radius 3 is 2.76 bits per heavy atom. The molecule has 7 heteroatoms. The van der Waals surface area contributed by atoms with E-state index in [2.05, 4.69) is 0 Å². The van der Waals surface area contributed by atoms with Gasteiger partial charge in [-0.1, -0.05) is 12.1 Å². The van der Waals surface area contributed by atoms with E-state index in [9.17, 15) is 13.2 Å². The van der Waals surface area contributed by atoms with Crippen LogP contribution in [-0.4, -0.2) is 31.7 Å². The molecule has 1 fully saturated rings. The fourth-order valence-corrected chi connectivity index (χ4v) is 4.38. The fraction of sp³-hybridized carbons (Fsp3) is 0.500. The van der Waals surface area contributed by atoms with Gasteiger partial charge in [-0.2, -0.15) is 4.31 Å². The quantitative estimate of drug-likeness (QED) is 0.836. The van der Waals surface area contributed by atoms with Crippen LogP contribution in [-0.2, 0) is 21.4 Å². The number of amides is 1. The van der Waals surface area contributed by atoms with Crippen LogP contribution >= 0.6 is 0 Å². The van der Waals surface area contributed by atoms with Crippen molar-refractivity contribution >= 4 is 15.9 Å². The molecule has 6 nitrogen and oxygen atoms in total. The summed E-state index contributed by atoms with van der Waals surface area (Å²) in [6.07, 6.45) is 1.28. The second kappa shape index (κ2) is 6.13. The van der Waals surface area contributed by atoms with E-state index in [4.69, 9.17) is 11.5 Å². The molecule has 21 heavy (non-hydrogen) atoms. The summed E-state index contributed by atoms with van der Waals surface area (Å²) in [5.74, 6) is -0.853. The van der Waals surface area contributed by atoms with E-state index in [1.54, 1.807) is 19.1 Å². The number of aryl methyl sites for hydroxylation is 1. The highest BCUT2D eigenvalue weighted by Crippen LogP contribution is 2.26. The van der Waals surface area contributed by atoms with E-state index >= 15 is 0 Å². The lowest BCUT2D eigenvalue weighted by molar-refractivity contribution is -0.122. The molecule has 1 aromatic rings. The summed E-state index contributed by atoms with van der Waals surface area (Å²) in [4.78, 5) is 11.6. The molecule has 0 bridgehead atoms. The van der Waals surface area contributed by atoms with Gasteiger partial charge in [-0.3, -0.25) is 4.79 Å². The zero-order chi connectivity index (χ0) is 15.6. The molecule has 0 spiro atoms. The molecule has 4 N–H and O–H groups in total. The minimum absolute atomic E-state index is 0.157. The average molecular weight is 311 g/mol. The molecule has 0 aliphatic carbocycles. The largest absolute Gasteiger partial charge is 0.369 e. The highest BCUT2D eigenvalue weighted by Gasteiger charge is 2.33. The van der Waals surface area contributed by atoms with Crippen molar-refractivity contribution in [2.45, 2.75) is 31.2 Å². The van der Waals surface area contributed by atoms with Crippen molar-refractivity contribution in [3.05, 3.63) is 29.3 Å². The van der Waals surface area contributed by atoms with Crippen LogP contribution in [0.4, 0.5) is 0 Å². The first kappa shape index (κ1) is 15.9. The standard InChI is InChI=1S/C14H21N3O3S/c1-10-4-5-11(8-15)7-13(10)21(19,20)17-6-2-3-12(9-17)14(16)18/h4-5,7,12H,2-3,6,8-9,15H2,1H3,(H2,16,18). The van der Waals surface area contributed by atoms with E-state index in [0.29, 0.717) is 24.9 Å². The van der Waals surface area contributed by atoms with E-state index < -0.39 is 21.8 Å². The van der Waals surface area contributed by atoms with Gasteiger partial charge in [0.15, 0.2) is 0 Å². The van der Waals surface area contributed by atoms with Gasteiger partial charge in [-0.25, -0.2) is 8.42 Å². The number of benzene rings is 1. The Morgan fingerprint density at radius 2 is 2.14 bits per heavy atom. The third-order valence-corrected chi connectivity index (χ3v) is 5.90. The van der Waals surface area contributed by atoms with Gasteiger partial charge in [0, 0.05) is 19.6 Å². The summed E-state index contributed by atoms with van der Waals surface area (Å²) >= 11 is 0. The number of sulfonamides is 1. The number of hydrogen-bond donors (Lipinski definition) is 2. The number of rotatable bonds is 4. The van der Waals surface area contributed by atoms with Gasteiger partial charge in [-0.15, -0.1) is 0 Å². The molecule has 0 radical (unpaired) electrons. The van der Waals surface area contributed by atoms with Crippen LogP contribution in [0.2, 0.25) is 0 Å². The van der Waals surface area contributed by atoms with Crippen LogP contribution in [0, 0.1) is 12.8 Å². The van der Waals surface area contributed by atoms with Crippen molar-refractivity contribution < 1.29 is 13.2 Å². The monoisotopic (exact) mass is 311 g/mol. The topological polar surface area (TPSA) is 106 Å². The molecule has 1 aliphatic heterocycles. The molecule has 1 unspecified atom stereocenters. The minimum Gasteiger partial charge on any atom is -0.369 e. The predicted molar refractivity (Wildman–Crippen MR) is 79.7 cm³/mol. The van der Waals surface area contributed by atoms with E-state index in [-0.39, 0.29) is 18.0 Å². The van der Waals surface area contributed by atoms with E-state index in [1.807, 2.05) is 6.07 Å². The molecule has 1 aromatic carbocycles. The number of hydrogen-bond acceptors (Lipinski definition) is 4. The molecular formula is C14H21N3O3S. The molecule has 1 atom stereocenters. The van der Waals surface area contributed by atoms with Gasteiger partial charge < -0.3 is 11.5 Å². The zero-order valence-corrected chi connectivity index (χ0v) is 12.9. The molecule has 1 aliphatic rings. The molecule has 1 heterocycles. The Hall–Kier alpha value is -1.44. The molecule has 116 valence electrons. The van der Waals surface area contributed by atoms with Crippen LogP contribution in [0.1, 0.15) is 24.0 Å². The molecule has 2 rings (SSSR count). The number of primary amides is 1. The van der Waals surface area contributed by atoms with Crippen LogP contribution in [0.5, 0.6) is 0 Å². The normalized spacial score (nSPS) is 20.4. The highest BCUT2D eigenvalue weighted by molar-refractivity contribution is 7.89. The maximum absolute atomic E-state index is 12.8. The average Bonchev–Trinajstić information content (AvgIpc) is 2.47. The van der Waals surface area contributed by atoms with Crippen molar-refractivity contribution in [2.75, 3.05) is 13.1 Å². The van der Waals surface area contributed by atoms with Gasteiger partial charge >= 0.3 is 0 Å². The van der Waals surface area contributed by atoms with Crippen LogP contribution < -0.4 is 11.5 Å². The van der Waals surface area contributed by atoms with Crippen LogP contribution in [0.3, 0.4) is 0 Å². The third-order valence-electron chi connectivity index (χ3n) is 3.89. The summed E-state index contributed by atoms with van der Waals surface area (Å²) in [6.45, 7) is 2.61. The first-order valence-electron chi connectivity index (χ1n) is 6.95. The van der Waals surface area contributed by atoms with E-state index in [0.717, 1.165) is 5.56 Å². The van der Waals surface area contributed by atoms with Crippen molar-refractivity contribution in [3.63, 3.8) is 0 Å². The van der Waals surface area contributed by atoms with Crippen LogP contribution in [0.25, 0.3) is 0 Å². The fourth-order valence-electron chi connectivity index (χ4n) is 2.58. The van der Waals surface area contributed by atoms with Gasteiger partial charge in [0.1, 0.15) is 0 Å². The predicted octanol–water partition coefficient (Wildman–Crippen LogP) is 0.340. The maximum atomic E-state index is 12.8. The highest BCUT2D eigenvalue weighted by atomic mass is 32.2. The lowest BCUT2D eigenvalue weighted by Gasteiger charge is -2.30. The number of carbonyl (C=O) groups is 1. The smallest absolute Gasteiger partial charge is 0.243 e. The molecule has 0 saturated carbocycles. The van der Waals surface area contributed by atoms with Gasteiger partial charge in [0.2, 0.25) is 15.9 Å². The zero-order valence-electron chi connectivity index (χ0n) is 12.1. The SMILES string of the molecule is Cc1ccc(CN)cc1S(=O)(=O)N1CCCC(C(N)=O)C1. The Kier molecular flexibility index (Phi) is 4.65. The Balaban J connectivity index is 2.35. The second-order valence-electron chi connectivity index (χ2n) is 5.41. The maximum Gasteiger partial charge on any atom is 0.243 e. The first-order valence-corrected chi connectivity index (χ1v) is 8.39. The Bertz CT molecular complexity index is 643. The van der Waals surface area contributed by atoms with Crippen molar-refractivity contribution in [3.8, 4) is 0 Å². The minimum atomic E-state index is -3.62. The lowest BCUT2D eigenvalue weighted by atomic mass is 9.99. The number of nitrogens with two attached hydrogens (primary N) is 2. The Labute approximate surface area is 125 Å². The number of carbonyl (C=O) groups excluding carboxylic acids is 1. The first-order chi connectivity index (χ1) is 9.86. The van der Waals surface area contributed by atoms with E-state index in [1.165, 1.54) is 4.31 Å². The van der Waals surface area contributed by atoms with Crippen molar-refractivity contribution in [1.29, 1.82) is 0 Å². The van der Waals surface area contributed by atoms with Gasteiger partial charge in [0.05, 0.1) is 10.8 Å². The third kappa shape index (κ3) is 3.25. The van der Waals surface area contributed by atoms with Crippen molar-refractivity contribution in [1.82, 2.24) is 4.31 Å². The molecule has 0 aromatic heterocycles. The Morgan fingerprint density at radius 1 is 1.43 bits per heavy atom. The summed E-state index contributed by atoms with van der Waals surface area (Å²) in [6, 6.07) is 5.18. The number of piperidine rings is 1. The summed E-state index contributed by atoms with van der Waals surface area (Å²) < 4.78 is 26.9. The number of nitrogens with zero attached hydrogens (tertiary/aromatic N) is 1. The second-order valence-corrected chi connectivity index (χ2v) is 7.31. The van der Waals surface area contributed by atoms with Crippen molar-refractivity contribution in [2.24, 2.45) is 17.4 Å². The molecule has 1 saturated heterocycles.